The van der Waals surface area contributed by atoms with Gasteiger partial charge in [-0.3, -0.25) is 4.79 Å². The molecule has 0 aliphatic rings. The summed E-state index contributed by atoms with van der Waals surface area (Å²) in [6.07, 6.45) is 0. The fraction of sp³-hybridized carbons (Fsp3) is 0.0909. The SMILES string of the molecule is NC(C(=O)O)c1csc(Nc2cc(F)cc(F)c2F)n1. The Hall–Kier alpha value is -2.13. The number of thiazole rings is 1. The Morgan fingerprint density at radius 3 is 2.75 bits per heavy atom. The van der Waals surface area contributed by atoms with Gasteiger partial charge in [0.05, 0.1) is 11.4 Å². The van der Waals surface area contributed by atoms with Crippen LogP contribution < -0.4 is 11.1 Å². The number of anilines is 2. The lowest BCUT2D eigenvalue weighted by atomic mass is 10.2. The second kappa shape index (κ2) is 5.47. The number of rotatable bonds is 4. The number of nitrogens with one attached hydrogen (secondary N) is 1. The van der Waals surface area contributed by atoms with E-state index in [4.69, 9.17) is 10.8 Å². The van der Waals surface area contributed by atoms with E-state index < -0.39 is 35.2 Å². The molecule has 0 bridgehead atoms. The average molecular weight is 303 g/mol. The van der Waals surface area contributed by atoms with Gasteiger partial charge < -0.3 is 16.2 Å². The van der Waals surface area contributed by atoms with E-state index in [1.54, 1.807) is 0 Å². The second-order valence-corrected chi connectivity index (χ2v) is 4.63. The lowest BCUT2D eigenvalue weighted by molar-refractivity contribution is -0.138. The summed E-state index contributed by atoms with van der Waals surface area (Å²) in [5.41, 5.74) is 4.97. The fourth-order valence-electron chi connectivity index (χ4n) is 1.38. The number of hydrogen-bond donors (Lipinski definition) is 3. The molecule has 20 heavy (non-hydrogen) atoms. The summed E-state index contributed by atoms with van der Waals surface area (Å²) < 4.78 is 39.4. The van der Waals surface area contributed by atoms with Gasteiger partial charge in [-0.25, -0.2) is 18.2 Å². The summed E-state index contributed by atoms with van der Waals surface area (Å²) in [4.78, 5) is 14.5. The number of nitrogens with zero attached hydrogens (tertiary/aromatic N) is 1. The van der Waals surface area contributed by atoms with Crippen LogP contribution in [0, 0.1) is 17.5 Å². The van der Waals surface area contributed by atoms with Gasteiger partial charge in [0, 0.05) is 17.5 Å². The minimum atomic E-state index is -1.34. The Labute approximate surface area is 114 Å². The van der Waals surface area contributed by atoms with Crippen LogP contribution in [0.1, 0.15) is 11.7 Å². The molecule has 4 N–H and O–H groups in total. The zero-order valence-electron chi connectivity index (χ0n) is 9.73. The van der Waals surface area contributed by atoms with Crippen molar-refractivity contribution in [3.63, 3.8) is 0 Å². The van der Waals surface area contributed by atoms with Crippen LogP contribution in [0.5, 0.6) is 0 Å². The smallest absolute Gasteiger partial charge is 0.326 e. The average Bonchev–Trinajstić information content (AvgIpc) is 2.82. The number of carboxylic acid groups (broad SMARTS) is 1. The zero-order chi connectivity index (χ0) is 14.9. The molecule has 1 heterocycles. The molecule has 9 heteroatoms. The van der Waals surface area contributed by atoms with E-state index in [0.717, 1.165) is 17.4 Å². The molecule has 1 unspecified atom stereocenters. The number of benzene rings is 1. The summed E-state index contributed by atoms with van der Waals surface area (Å²) in [7, 11) is 0. The third-order valence-corrected chi connectivity index (χ3v) is 3.12. The van der Waals surface area contributed by atoms with E-state index in [1.165, 1.54) is 5.38 Å². The quantitative estimate of drug-likeness (QED) is 0.755. The van der Waals surface area contributed by atoms with E-state index in [-0.39, 0.29) is 10.8 Å². The first-order valence-corrected chi connectivity index (χ1v) is 6.12. The number of halogens is 3. The summed E-state index contributed by atoms with van der Waals surface area (Å²) in [6.45, 7) is 0. The minimum absolute atomic E-state index is 0.0577. The van der Waals surface area contributed by atoms with Crippen LogP contribution in [0.2, 0.25) is 0 Å². The molecule has 1 aromatic carbocycles. The molecular formula is C11H8F3N3O2S. The highest BCUT2D eigenvalue weighted by Gasteiger charge is 2.18. The van der Waals surface area contributed by atoms with Gasteiger partial charge in [-0.1, -0.05) is 0 Å². The van der Waals surface area contributed by atoms with Gasteiger partial charge in [-0.2, -0.15) is 0 Å². The molecule has 0 spiro atoms. The summed E-state index contributed by atoms with van der Waals surface area (Å²) in [5.74, 6) is -4.83. The van der Waals surface area contributed by atoms with Gasteiger partial charge in [-0.05, 0) is 0 Å². The molecule has 0 radical (unpaired) electrons. The standard InChI is InChI=1S/C11H8F3N3O2S/c12-4-1-5(13)8(14)6(2-4)16-11-17-7(3-20-11)9(15)10(18)19/h1-3,9H,15H2,(H,16,17)(H,18,19). The number of carboxylic acids is 1. The Morgan fingerprint density at radius 1 is 1.40 bits per heavy atom. The van der Waals surface area contributed by atoms with Crippen molar-refractivity contribution in [1.29, 1.82) is 0 Å². The monoisotopic (exact) mass is 303 g/mol. The molecule has 0 saturated heterocycles. The van der Waals surface area contributed by atoms with Crippen LogP contribution in [0.15, 0.2) is 17.5 Å². The lowest BCUT2D eigenvalue weighted by Gasteiger charge is -2.05. The number of carbonyl (C=O) groups is 1. The van der Waals surface area contributed by atoms with Crippen molar-refractivity contribution in [3.05, 3.63) is 40.7 Å². The lowest BCUT2D eigenvalue weighted by Crippen LogP contribution is -2.20. The van der Waals surface area contributed by atoms with Gasteiger partial charge in [-0.15, -0.1) is 11.3 Å². The van der Waals surface area contributed by atoms with E-state index in [1.807, 2.05) is 0 Å². The molecule has 2 rings (SSSR count). The predicted octanol–water partition coefficient (Wildman–Crippen LogP) is 2.39. The van der Waals surface area contributed by atoms with Crippen LogP contribution in [0.4, 0.5) is 24.0 Å². The fourth-order valence-corrected chi connectivity index (χ4v) is 2.13. The van der Waals surface area contributed by atoms with E-state index in [9.17, 15) is 18.0 Å². The molecular weight excluding hydrogens is 295 g/mol. The molecule has 0 aliphatic carbocycles. The molecule has 1 atom stereocenters. The Bertz CT molecular complexity index is 662. The molecule has 106 valence electrons. The van der Waals surface area contributed by atoms with Crippen molar-refractivity contribution in [2.24, 2.45) is 5.73 Å². The first kappa shape index (κ1) is 14.3. The normalized spacial score (nSPS) is 12.2. The largest absolute Gasteiger partial charge is 0.480 e. The molecule has 5 nitrogen and oxygen atoms in total. The Morgan fingerprint density at radius 2 is 2.10 bits per heavy atom. The zero-order valence-corrected chi connectivity index (χ0v) is 10.5. The molecule has 0 fully saturated rings. The number of nitrogens with two attached hydrogens (primary N) is 1. The molecule has 1 aromatic heterocycles. The minimum Gasteiger partial charge on any atom is -0.480 e. The molecule has 2 aromatic rings. The van der Waals surface area contributed by atoms with Gasteiger partial charge in [0.2, 0.25) is 0 Å². The van der Waals surface area contributed by atoms with E-state index in [2.05, 4.69) is 10.3 Å². The van der Waals surface area contributed by atoms with Crippen LogP contribution in [-0.2, 0) is 4.79 Å². The van der Waals surface area contributed by atoms with Gasteiger partial charge in [0.25, 0.3) is 0 Å². The van der Waals surface area contributed by atoms with Crippen LogP contribution >= 0.6 is 11.3 Å². The van der Waals surface area contributed by atoms with Crippen LogP contribution in [-0.4, -0.2) is 16.1 Å². The van der Waals surface area contributed by atoms with Crippen molar-refractivity contribution in [2.45, 2.75) is 6.04 Å². The van der Waals surface area contributed by atoms with E-state index >= 15 is 0 Å². The summed E-state index contributed by atoms with van der Waals surface area (Å²) in [6, 6.07) is -0.152. The van der Waals surface area contributed by atoms with Crippen LogP contribution in [0.25, 0.3) is 0 Å². The third kappa shape index (κ3) is 2.89. The number of hydrogen-bond acceptors (Lipinski definition) is 5. The Balaban J connectivity index is 2.25. The maximum absolute atomic E-state index is 13.4. The van der Waals surface area contributed by atoms with Crippen LogP contribution in [0.3, 0.4) is 0 Å². The highest BCUT2D eigenvalue weighted by atomic mass is 32.1. The maximum Gasteiger partial charge on any atom is 0.326 e. The molecule has 0 aliphatic heterocycles. The van der Waals surface area contributed by atoms with E-state index in [0.29, 0.717) is 6.07 Å². The second-order valence-electron chi connectivity index (χ2n) is 3.77. The molecule has 0 amide bonds. The van der Waals surface area contributed by atoms with Crippen molar-refractivity contribution < 1.29 is 23.1 Å². The van der Waals surface area contributed by atoms with Gasteiger partial charge in [0.15, 0.2) is 16.8 Å². The maximum atomic E-state index is 13.4. The van der Waals surface area contributed by atoms with Gasteiger partial charge in [0.1, 0.15) is 11.9 Å². The first-order valence-electron chi connectivity index (χ1n) is 5.24. The highest BCUT2D eigenvalue weighted by Crippen LogP contribution is 2.26. The Kier molecular flexibility index (Phi) is 3.91. The number of aliphatic carboxylic acids is 1. The number of aromatic nitrogens is 1. The van der Waals surface area contributed by atoms with Crippen molar-refractivity contribution in [2.75, 3.05) is 5.32 Å². The van der Waals surface area contributed by atoms with Crippen molar-refractivity contribution in [1.82, 2.24) is 4.98 Å². The highest BCUT2D eigenvalue weighted by molar-refractivity contribution is 7.13. The topological polar surface area (TPSA) is 88.2 Å². The summed E-state index contributed by atoms with van der Waals surface area (Å²) >= 11 is 0.933. The molecule has 0 saturated carbocycles. The van der Waals surface area contributed by atoms with Gasteiger partial charge >= 0.3 is 5.97 Å². The first-order chi connectivity index (χ1) is 9.38. The third-order valence-electron chi connectivity index (χ3n) is 2.34. The summed E-state index contributed by atoms with van der Waals surface area (Å²) in [5, 5.41) is 12.5. The van der Waals surface area contributed by atoms with Crippen molar-refractivity contribution in [3.8, 4) is 0 Å². The van der Waals surface area contributed by atoms with Crippen molar-refractivity contribution >= 4 is 28.1 Å². The predicted molar refractivity (Wildman–Crippen MR) is 66.3 cm³/mol.